The van der Waals surface area contributed by atoms with E-state index in [1.165, 1.54) is 5.56 Å². The van der Waals surface area contributed by atoms with Gasteiger partial charge in [-0.25, -0.2) is 0 Å². The SMILES string of the molecule is CN(C)Cc1ccc(-c2cccc3c2C(=O)N(CCc2ccc4ccccc4n2)C3)cc1.Cl.Cl. The van der Waals surface area contributed by atoms with Gasteiger partial charge >= 0.3 is 0 Å². The standard InChI is InChI=1S/C28H27N3O.2ClH/c1-30(2)18-20-10-12-21(13-11-20)25-8-5-7-23-19-31(28(32)27(23)25)17-16-24-15-14-22-6-3-4-9-26(22)29-24;;/h3-15H,16-19H2,1-2H3;2*1H. The first-order valence-electron chi connectivity index (χ1n) is 11.1. The van der Waals surface area contributed by atoms with Crippen molar-refractivity contribution in [3.63, 3.8) is 0 Å². The molecule has 4 nitrogen and oxygen atoms in total. The summed E-state index contributed by atoms with van der Waals surface area (Å²) in [5.74, 6) is 0.119. The van der Waals surface area contributed by atoms with Crippen LogP contribution in [0.3, 0.4) is 0 Å². The molecule has 0 atom stereocenters. The zero-order valence-electron chi connectivity index (χ0n) is 19.4. The van der Waals surface area contributed by atoms with Gasteiger partial charge in [0.05, 0.1) is 11.1 Å². The summed E-state index contributed by atoms with van der Waals surface area (Å²) in [5.41, 5.74) is 7.36. The Kier molecular flexibility index (Phi) is 8.32. The summed E-state index contributed by atoms with van der Waals surface area (Å²) in [6.45, 7) is 2.23. The maximum atomic E-state index is 13.3. The van der Waals surface area contributed by atoms with Crippen molar-refractivity contribution in [3.8, 4) is 11.1 Å². The Labute approximate surface area is 213 Å². The lowest BCUT2D eigenvalue weighted by Gasteiger charge is -2.16. The van der Waals surface area contributed by atoms with E-state index < -0.39 is 0 Å². The molecule has 3 aromatic carbocycles. The molecule has 0 fully saturated rings. The average Bonchev–Trinajstić information content (AvgIpc) is 3.13. The largest absolute Gasteiger partial charge is 0.334 e. The molecule has 0 aliphatic carbocycles. The van der Waals surface area contributed by atoms with Crippen LogP contribution in [-0.4, -0.2) is 41.3 Å². The highest BCUT2D eigenvalue weighted by Crippen LogP contribution is 2.33. The van der Waals surface area contributed by atoms with Crippen LogP contribution in [0.1, 0.15) is 27.2 Å². The Morgan fingerprint density at radius 1 is 0.882 bits per heavy atom. The second-order valence-electron chi connectivity index (χ2n) is 8.75. The predicted molar refractivity (Wildman–Crippen MR) is 144 cm³/mol. The fraction of sp³-hybridized carbons (Fsp3) is 0.214. The maximum Gasteiger partial charge on any atom is 0.255 e. The molecule has 34 heavy (non-hydrogen) atoms. The molecular formula is C28H29Cl2N3O. The van der Waals surface area contributed by atoms with Crippen LogP contribution in [-0.2, 0) is 19.5 Å². The van der Waals surface area contributed by atoms with Crippen LogP contribution >= 0.6 is 24.8 Å². The van der Waals surface area contributed by atoms with Gasteiger partial charge in [0, 0.05) is 37.1 Å². The first-order valence-corrected chi connectivity index (χ1v) is 11.1. The third kappa shape index (κ3) is 5.25. The summed E-state index contributed by atoms with van der Waals surface area (Å²) in [5, 5.41) is 1.14. The zero-order chi connectivity index (χ0) is 22.1. The third-order valence-electron chi connectivity index (χ3n) is 6.07. The number of pyridine rings is 1. The molecule has 6 heteroatoms. The van der Waals surface area contributed by atoms with Crippen molar-refractivity contribution in [2.45, 2.75) is 19.5 Å². The molecule has 1 aromatic heterocycles. The number of aromatic nitrogens is 1. The number of nitrogens with zero attached hydrogens (tertiary/aromatic N) is 3. The second-order valence-corrected chi connectivity index (χ2v) is 8.75. The van der Waals surface area contributed by atoms with Crippen molar-refractivity contribution in [1.29, 1.82) is 0 Å². The molecule has 0 bridgehead atoms. The van der Waals surface area contributed by atoms with E-state index in [-0.39, 0.29) is 30.7 Å². The lowest BCUT2D eigenvalue weighted by molar-refractivity contribution is 0.0780. The summed E-state index contributed by atoms with van der Waals surface area (Å²) in [4.78, 5) is 22.2. The average molecular weight is 494 g/mol. The summed E-state index contributed by atoms with van der Waals surface area (Å²) in [7, 11) is 4.14. The molecular weight excluding hydrogens is 465 g/mol. The number of amides is 1. The second kappa shape index (κ2) is 11.0. The Morgan fingerprint density at radius 2 is 1.65 bits per heavy atom. The Hall–Kier alpha value is -2.92. The first kappa shape index (κ1) is 25.7. The summed E-state index contributed by atoms with van der Waals surface area (Å²) in [6, 6.07) is 27.1. The van der Waals surface area contributed by atoms with E-state index in [4.69, 9.17) is 4.98 Å². The lowest BCUT2D eigenvalue weighted by Crippen LogP contribution is -2.26. The quantitative estimate of drug-likeness (QED) is 0.330. The number of carbonyl (C=O) groups excluding carboxylic acids is 1. The van der Waals surface area contributed by atoms with Gasteiger partial charge in [-0.3, -0.25) is 9.78 Å². The van der Waals surface area contributed by atoms with Crippen molar-refractivity contribution in [2.24, 2.45) is 0 Å². The van der Waals surface area contributed by atoms with Gasteiger partial charge in [0.1, 0.15) is 0 Å². The minimum absolute atomic E-state index is 0. The van der Waals surface area contributed by atoms with Crippen molar-refractivity contribution < 1.29 is 4.79 Å². The van der Waals surface area contributed by atoms with E-state index in [1.54, 1.807) is 0 Å². The molecule has 0 spiro atoms. The van der Waals surface area contributed by atoms with Crippen LogP contribution < -0.4 is 0 Å². The fourth-order valence-corrected chi connectivity index (χ4v) is 4.49. The van der Waals surface area contributed by atoms with E-state index in [9.17, 15) is 4.79 Å². The highest BCUT2D eigenvalue weighted by Gasteiger charge is 2.29. The molecule has 1 aliphatic rings. The van der Waals surface area contributed by atoms with Gasteiger partial charge < -0.3 is 9.80 Å². The summed E-state index contributed by atoms with van der Waals surface area (Å²) in [6.07, 6.45) is 0.749. The number of hydrogen-bond donors (Lipinski definition) is 0. The van der Waals surface area contributed by atoms with Gasteiger partial charge in [-0.1, -0.05) is 66.7 Å². The van der Waals surface area contributed by atoms with Crippen LogP contribution in [0.2, 0.25) is 0 Å². The zero-order valence-corrected chi connectivity index (χ0v) is 21.0. The fourth-order valence-electron chi connectivity index (χ4n) is 4.49. The molecule has 1 amide bonds. The van der Waals surface area contributed by atoms with E-state index in [0.29, 0.717) is 13.1 Å². The van der Waals surface area contributed by atoms with Gasteiger partial charge in [-0.15, -0.1) is 24.8 Å². The smallest absolute Gasteiger partial charge is 0.255 e. The summed E-state index contributed by atoms with van der Waals surface area (Å²) >= 11 is 0. The van der Waals surface area contributed by atoms with Crippen LogP contribution in [0.5, 0.6) is 0 Å². The topological polar surface area (TPSA) is 36.4 Å². The number of carbonyl (C=O) groups is 1. The molecule has 2 heterocycles. The van der Waals surface area contributed by atoms with Crippen molar-refractivity contribution >= 4 is 41.6 Å². The Balaban J connectivity index is 0.00000162. The van der Waals surface area contributed by atoms with Gasteiger partial charge in [0.2, 0.25) is 0 Å². The van der Waals surface area contributed by atoms with Crippen molar-refractivity contribution in [1.82, 2.24) is 14.8 Å². The van der Waals surface area contributed by atoms with Crippen LogP contribution in [0.15, 0.2) is 78.9 Å². The number of para-hydroxylation sites is 1. The van der Waals surface area contributed by atoms with E-state index in [2.05, 4.69) is 79.7 Å². The maximum absolute atomic E-state index is 13.3. The first-order chi connectivity index (χ1) is 15.6. The molecule has 0 radical (unpaired) electrons. The van der Waals surface area contributed by atoms with Crippen molar-refractivity contribution in [3.05, 3.63) is 101 Å². The number of hydrogen-bond acceptors (Lipinski definition) is 3. The highest BCUT2D eigenvalue weighted by molar-refractivity contribution is 6.04. The number of benzene rings is 3. The number of halogens is 2. The Morgan fingerprint density at radius 3 is 2.41 bits per heavy atom. The van der Waals surface area contributed by atoms with E-state index in [0.717, 1.165) is 51.8 Å². The van der Waals surface area contributed by atoms with Gasteiger partial charge in [-0.2, -0.15) is 0 Å². The molecule has 4 aromatic rings. The lowest BCUT2D eigenvalue weighted by atomic mass is 9.96. The van der Waals surface area contributed by atoms with E-state index in [1.807, 2.05) is 23.1 Å². The van der Waals surface area contributed by atoms with Crippen molar-refractivity contribution in [2.75, 3.05) is 20.6 Å². The molecule has 176 valence electrons. The highest BCUT2D eigenvalue weighted by atomic mass is 35.5. The molecule has 1 aliphatic heterocycles. The van der Waals surface area contributed by atoms with Crippen LogP contribution in [0, 0.1) is 0 Å². The number of fused-ring (bicyclic) bond motifs is 2. The minimum Gasteiger partial charge on any atom is -0.334 e. The van der Waals surface area contributed by atoms with Crippen LogP contribution in [0.4, 0.5) is 0 Å². The predicted octanol–water partition coefficient (Wildman–Crippen LogP) is 6.01. The monoisotopic (exact) mass is 493 g/mol. The normalized spacial score (nSPS) is 12.4. The molecule has 0 saturated carbocycles. The van der Waals surface area contributed by atoms with E-state index >= 15 is 0 Å². The summed E-state index contributed by atoms with van der Waals surface area (Å²) < 4.78 is 0. The molecule has 0 saturated heterocycles. The number of rotatable bonds is 6. The third-order valence-corrected chi connectivity index (χ3v) is 6.07. The Bertz CT molecular complexity index is 1290. The minimum atomic E-state index is 0. The van der Waals surface area contributed by atoms with Gasteiger partial charge in [0.25, 0.3) is 5.91 Å². The van der Waals surface area contributed by atoms with Gasteiger partial charge in [0.15, 0.2) is 0 Å². The van der Waals surface area contributed by atoms with Gasteiger partial charge in [-0.05, 0) is 48.5 Å². The molecule has 0 N–H and O–H groups in total. The van der Waals surface area contributed by atoms with Crippen LogP contribution in [0.25, 0.3) is 22.0 Å². The molecule has 5 rings (SSSR count). The molecule has 0 unspecified atom stereocenters.